The summed E-state index contributed by atoms with van der Waals surface area (Å²) in [6, 6.07) is 7.07. The van der Waals surface area contributed by atoms with Gasteiger partial charge in [-0.15, -0.1) is 0 Å². The van der Waals surface area contributed by atoms with Crippen LogP contribution >= 0.6 is 0 Å². The van der Waals surface area contributed by atoms with E-state index in [9.17, 15) is 4.79 Å². The number of ether oxygens (including phenoxy) is 2. The molecule has 0 fully saturated rings. The smallest absolute Gasteiger partial charge is 0.241 e. The number of carbonyl (C=O) groups excluding carboxylic acids is 1. The summed E-state index contributed by atoms with van der Waals surface area (Å²) in [6.45, 7) is 3.49. The van der Waals surface area contributed by atoms with E-state index in [1.807, 2.05) is 31.2 Å². The maximum absolute atomic E-state index is 11.7. The third kappa shape index (κ3) is 5.83. The number of rotatable bonds is 8. The fourth-order valence-corrected chi connectivity index (χ4v) is 1.49. The molecule has 3 N–H and O–H groups in total. The summed E-state index contributed by atoms with van der Waals surface area (Å²) >= 11 is 0. The molecule has 0 bridgehead atoms. The van der Waals surface area contributed by atoms with Crippen LogP contribution in [0.1, 0.15) is 18.9 Å². The van der Waals surface area contributed by atoms with Crippen LogP contribution in [0, 0.1) is 0 Å². The third-order valence-corrected chi connectivity index (χ3v) is 2.67. The van der Waals surface area contributed by atoms with E-state index >= 15 is 0 Å². The Bertz CT molecular complexity index is 396. The summed E-state index contributed by atoms with van der Waals surface area (Å²) in [7, 11) is 1.64. The Balaban J connectivity index is 2.49. The Labute approximate surface area is 114 Å². The van der Waals surface area contributed by atoms with Crippen molar-refractivity contribution in [1.29, 1.82) is 0 Å². The second kappa shape index (κ2) is 8.63. The lowest BCUT2D eigenvalue weighted by Crippen LogP contribution is -2.34. The minimum Gasteiger partial charge on any atom is -0.382 e. The van der Waals surface area contributed by atoms with Crippen LogP contribution in [0.2, 0.25) is 0 Å². The first-order valence-electron chi connectivity index (χ1n) is 6.39. The first-order chi connectivity index (χ1) is 9.17. The van der Waals surface area contributed by atoms with Gasteiger partial charge >= 0.3 is 0 Å². The molecule has 5 nitrogen and oxygen atoms in total. The highest BCUT2D eigenvalue weighted by Gasteiger charge is 2.10. The third-order valence-electron chi connectivity index (χ3n) is 2.67. The second-order valence-electron chi connectivity index (χ2n) is 4.25. The lowest BCUT2D eigenvalue weighted by molar-refractivity contribution is -0.117. The average molecular weight is 266 g/mol. The highest BCUT2D eigenvalue weighted by Crippen LogP contribution is 2.12. The van der Waals surface area contributed by atoms with E-state index in [1.165, 1.54) is 0 Å². The number of hydrogen-bond acceptors (Lipinski definition) is 4. The molecule has 0 aliphatic carbocycles. The number of amides is 1. The van der Waals surface area contributed by atoms with E-state index in [1.54, 1.807) is 7.11 Å². The Kier molecular flexibility index (Phi) is 7.10. The predicted octanol–water partition coefficient (Wildman–Crippen LogP) is 1.53. The average Bonchev–Trinajstić information content (AvgIpc) is 2.43. The van der Waals surface area contributed by atoms with Crippen molar-refractivity contribution in [2.45, 2.75) is 26.0 Å². The molecule has 0 saturated heterocycles. The van der Waals surface area contributed by atoms with Gasteiger partial charge in [0.25, 0.3) is 0 Å². The Morgan fingerprint density at radius 3 is 2.89 bits per heavy atom. The largest absolute Gasteiger partial charge is 0.382 e. The second-order valence-corrected chi connectivity index (χ2v) is 4.25. The van der Waals surface area contributed by atoms with Gasteiger partial charge < -0.3 is 20.5 Å². The standard InChI is InChI=1S/C14H22N2O3/c1-3-13(15)14(17)16-12-6-4-5-11(9-12)10-19-8-7-18-2/h4-6,9,13H,3,7-8,10,15H2,1-2H3,(H,16,17)/t13-/m1/s1. The van der Waals surface area contributed by atoms with Gasteiger partial charge in [-0.1, -0.05) is 19.1 Å². The maximum Gasteiger partial charge on any atom is 0.241 e. The van der Waals surface area contributed by atoms with Crippen molar-refractivity contribution in [2.24, 2.45) is 5.73 Å². The molecule has 0 heterocycles. The van der Waals surface area contributed by atoms with Crippen molar-refractivity contribution in [3.63, 3.8) is 0 Å². The van der Waals surface area contributed by atoms with E-state index in [2.05, 4.69) is 5.32 Å². The highest BCUT2D eigenvalue weighted by atomic mass is 16.5. The zero-order valence-electron chi connectivity index (χ0n) is 11.5. The molecule has 106 valence electrons. The van der Waals surface area contributed by atoms with Crippen LogP contribution in [0.4, 0.5) is 5.69 Å². The van der Waals surface area contributed by atoms with E-state index in [-0.39, 0.29) is 5.91 Å². The number of carbonyl (C=O) groups is 1. The van der Waals surface area contributed by atoms with Gasteiger partial charge in [-0.25, -0.2) is 0 Å². The SMILES string of the molecule is CC[C@@H](N)C(=O)Nc1cccc(COCCOC)c1. The van der Waals surface area contributed by atoms with Gasteiger partial charge in [0, 0.05) is 12.8 Å². The number of nitrogens with two attached hydrogens (primary N) is 1. The quantitative estimate of drug-likeness (QED) is 0.700. The summed E-state index contributed by atoms with van der Waals surface area (Å²) in [4.78, 5) is 11.7. The molecule has 19 heavy (non-hydrogen) atoms. The molecule has 1 aromatic rings. The van der Waals surface area contributed by atoms with Gasteiger partial charge in [-0.05, 0) is 24.1 Å². The summed E-state index contributed by atoms with van der Waals surface area (Å²) in [5.41, 5.74) is 7.40. The summed E-state index contributed by atoms with van der Waals surface area (Å²) < 4.78 is 10.3. The molecule has 0 saturated carbocycles. The molecule has 0 aromatic heterocycles. The van der Waals surface area contributed by atoms with Crippen LogP contribution in [-0.2, 0) is 20.9 Å². The van der Waals surface area contributed by atoms with E-state index in [4.69, 9.17) is 15.2 Å². The lowest BCUT2D eigenvalue weighted by Gasteiger charge is -2.11. The van der Waals surface area contributed by atoms with E-state index in [0.29, 0.717) is 26.2 Å². The van der Waals surface area contributed by atoms with E-state index in [0.717, 1.165) is 11.3 Å². The topological polar surface area (TPSA) is 73.6 Å². The van der Waals surface area contributed by atoms with Crippen molar-refractivity contribution >= 4 is 11.6 Å². The number of benzene rings is 1. The first-order valence-corrected chi connectivity index (χ1v) is 6.39. The fourth-order valence-electron chi connectivity index (χ4n) is 1.49. The van der Waals surface area contributed by atoms with Crippen molar-refractivity contribution in [2.75, 3.05) is 25.6 Å². The minimum absolute atomic E-state index is 0.167. The molecular formula is C14H22N2O3. The van der Waals surface area contributed by atoms with Gasteiger partial charge in [0.2, 0.25) is 5.91 Å². The zero-order valence-corrected chi connectivity index (χ0v) is 11.5. The number of methoxy groups -OCH3 is 1. The number of hydrogen-bond donors (Lipinski definition) is 2. The highest BCUT2D eigenvalue weighted by molar-refractivity contribution is 5.94. The Hall–Kier alpha value is -1.43. The van der Waals surface area contributed by atoms with Crippen molar-refractivity contribution < 1.29 is 14.3 Å². The van der Waals surface area contributed by atoms with Gasteiger partial charge in [0.1, 0.15) is 0 Å². The van der Waals surface area contributed by atoms with Crippen molar-refractivity contribution in [1.82, 2.24) is 0 Å². The minimum atomic E-state index is -0.471. The normalized spacial score (nSPS) is 12.2. The van der Waals surface area contributed by atoms with Crippen molar-refractivity contribution in [3.8, 4) is 0 Å². The maximum atomic E-state index is 11.7. The van der Waals surface area contributed by atoms with Gasteiger partial charge in [0.15, 0.2) is 0 Å². The Morgan fingerprint density at radius 2 is 2.21 bits per heavy atom. The molecule has 1 atom stereocenters. The molecule has 0 spiro atoms. The monoisotopic (exact) mass is 266 g/mol. The summed E-state index contributed by atoms with van der Waals surface area (Å²) in [6.07, 6.45) is 0.617. The fraction of sp³-hybridized carbons (Fsp3) is 0.500. The van der Waals surface area contributed by atoms with Gasteiger partial charge in [-0.3, -0.25) is 4.79 Å². The van der Waals surface area contributed by atoms with Crippen LogP contribution in [0.25, 0.3) is 0 Å². The lowest BCUT2D eigenvalue weighted by atomic mass is 10.2. The Morgan fingerprint density at radius 1 is 1.42 bits per heavy atom. The molecule has 5 heteroatoms. The van der Waals surface area contributed by atoms with Gasteiger partial charge in [0.05, 0.1) is 25.9 Å². The van der Waals surface area contributed by atoms with Crippen LogP contribution in [-0.4, -0.2) is 32.3 Å². The van der Waals surface area contributed by atoms with Crippen molar-refractivity contribution in [3.05, 3.63) is 29.8 Å². The molecule has 1 rings (SSSR count). The van der Waals surface area contributed by atoms with Crippen LogP contribution in [0.5, 0.6) is 0 Å². The molecular weight excluding hydrogens is 244 g/mol. The molecule has 1 aromatic carbocycles. The predicted molar refractivity (Wildman–Crippen MR) is 74.9 cm³/mol. The molecule has 0 aliphatic heterocycles. The summed E-state index contributed by atoms with van der Waals surface area (Å²) in [5, 5.41) is 2.79. The zero-order chi connectivity index (χ0) is 14.1. The van der Waals surface area contributed by atoms with Crippen LogP contribution in [0.3, 0.4) is 0 Å². The van der Waals surface area contributed by atoms with Crippen LogP contribution < -0.4 is 11.1 Å². The van der Waals surface area contributed by atoms with E-state index < -0.39 is 6.04 Å². The number of nitrogens with one attached hydrogen (secondary N) is 1. The molecule has 1 amide bonds. The summed E-state index contributed by atoms with van der Waals surface area (Å²) in [5.74, 6) is -0.167. The first kappa shape index (κ1) is 15.6. The molecule has 0 aliphatic rings. The van der Waals surface area contributed by atoms with Crippen LogP contribution in [0.15, 0.2) is 24.3 Å². The molecule has 0 radical (unpaired) electrons. The van der Waals surface area contributed by atoms with Gasteiger partial charge in [-0.2, -0.15) is 0 Å². The number of anilines is 1. The molecule has 0 unspecified atom stereocenters.